The maximum absolute atomic E-state index is 6.52. The number of halogens is 2. The molecule has 1 N–H and O–H groups in total. The lowest BCUT2D eigenvalue weighted by molar-refractivity contribution is -0.0264. The van der Waals surface area contributed by atoms with E-state index in [0.29, 0.717) is 10.0 Å². The topological polar surface area (TPSA) is 41.1 Å². The molecule has 1 atom stereocenters. The fourth-order valence-electron chi connectivity index (χ4n) is 3.39. The molecule has 0 bridgehead atoms. The molecule has 3 aromatic rings. The van der Waals surface area contributed by atoms with E-state index in [-0.39, 0.29) is 12.2 Å². The number of piperidine rings is 1. The molecule has 1 aromatic heterocycles. The number of hydrogen-bond donors (Lipinski definition) is 1. The average molecular weight is 390 g/mol. The molecule has 1 fully saturated rings. The zero-order valence-corrected chi connectivity index (χ0v) is 16.1. The number of nitrogens with one attached hydrogen (secondary N) is 1. The highest BCUT2D eigenvalue weighted by atomic mass is 35.5. The third-order valence-electron chi connectivity index (χ3n) is 4.89. The predicted molar refractivity (Wildman–Crippen MR) is 106 cm³/mol. The van der Waals surface area contributed by atoms with E-state index in [1.54, 1.807) is 6.07 Å². The third-order valence-corrected chi connectivity index (χ3v) is 5.61. The first-order valence-electron chi connectivity index (χ1n) is 8.84. The zero-order valence-electron chi connectivity index (χ0n) is 14.6. The van der Waals surface area contributed by atoms with Crippen LogP contribution in [0.4, 0.5) is 0 Å². The molecule has 0 saturated carbocycles. The number of ether oxygens (including phenoxy) is 1. The number of imidazole rings is 1. The summed E-state index contributed by atoms with van der Waals surface area (Å²) < 4.78 is 6.52. The molecule has 0 amide bonds. The first kappa shape index (κ1) is 17.8. The molecule has 2 aromatic carbocycles. The van der Waals surface area contributed by atoms with Gasteiger partial charge in [-0.2, -0.15) is 0 Å². The molecule has 4 nitrogen and oxygen atoms in total. The van der Waals surface area contributed by atoms with Crippen molar-refractivity contribution >= 4 is 34.2 Å². The van der Waals surface area contributed by atoms with Crippen LogP contribution in [0.25, 0.3) is 11.0 Å². The van der Waals surface area contributed by atoms with Gasteiger partial charge in [0.2, 0.25) is 0 Å². The fourth-order valence-corrected chi connectivity index (χ4v) is 3.71. The van der Waals surface area contributed by atoms with Gasteiger partial charge in [-0.15, -0.1) is 0 Å². The van der Waals surface area contributed by atoms with Gasteiger partial charge in [-0.25, -0.2) is 4.98 Å². The Bertz CT molecular complexity index is 850. The van der Waals surface area contributed by atoms with Crippen LogP contribution in [0.5, 0.6) is 0 Å². The number of benzene rings is 2. The van der Waals surface area contributed by atoms with E-state index in [1.165, 1.54) is 0 Å². The Balaban J connectivity index is 1.68. The summed E-state index contributed by atoms with van der Waals surface area (Å²) in [5.41, 5.74) is 2.74. The standard InChI is InChI=1S/C20H21Cl2N3O/c1-25-9-7-14(8-10-25)26-19(13-5-3-2-4-6-13)20-23-17-11-15(21)16(22)12-18(17)24-20/h2-6,11-12,14,19H,7-10H2,1H3,(H,23,24). The van der Waals surface area contributed by atoms with Gasteiger partial charge in [0.05, 0.1) is 27.2 Å². The van der Waals surface area contributed by atoms with Gasteiger partial charge in [0.15, 0.2) is 0 Å². The SMILES string of the molecule is CN1CCC(OC(c2ccccc2)c2nc3cc(Cl)c(Cl)cc3[nH]2)CC1. The molecular formula is C20H21Cl2N3O. The van der Waals surface area contributed by atoms with Crippen molar-refractivity contribution in [1.29, 1.82) is 0 Å². The van der Waals surface area contributed by atoms with Crippen LogP contribution in [-0.2, 0) is 4.74 Å². The van der Waals surface area contributed by atoms with Crippen LogP contribution in [0, 0.1) is 0 Å². The van der Waals surface area contributed by atoms with Gasteiger partial charge >= 0.3 is 0 Å². The van der Waals surface area contributed by atoms with Gasteiger partial charge in [0.1, 0.15) is 11.9 Å². The van der Waals surface area contributed by atoms with Crippen LogP contribution >= 0.6 is 23.2 Å². The van der Waals surface area contributed by atoms with Crippen molar-refractivity contribution in [1.82, 2.24) is 14.9 Å². The molecule has 0 aliphatic carbocycles. The number of nitrogens with zero attached hydrogens (tertiary/aromatic N) is 2. The molecule has 1 saturated heterocycles. The van der Waals surface area contributed by atoms with Gasteiger partial charge in [0, 0.05) is 13.1 Å². The lowest BCUT2D eigenvalue weighted by Gasteiger charge is -2.31. The summed E-state index contributed by atoms with van der Waals surface area (Å²) >= 11 is 12.3. The van der Waals surface area contributed by atoms with Crippen molar-refractivity contribution in [2.24, 2.45) is 0 Å². The van der Waals surface area contributed by atoms with E-state index in [4.69, 9.17) is 32.9 Å². The van der Waals surface area contributed by atoms with Crippen molar-refractivity contribution in [2.75, 3.05) is 20.1 Å². The first-order valence-corrected chi connectivity index (χ1v) is 9.59. The van der Waals surface area contributed by atoms with Gasteiger partial charge in [0.25, 0.3) is 0 Å². The summed E-state index contributed by atoms with van der Waals surface area (Å²) in [5, 5.41) is 1.02. The number of likely N-dealkylation sites (tertiary alicyclic amines) is 1. The lowest BCUT2D eigenvalue weighted by atomic mass is 10.1. The first-order chi connectivity index (χ1) is 12.6. The minimum absolute atomic E-state index is 0.219. The predicted octanol–water partition coefficient (Wildman–Crippen LogP) is 5.07. The summed E-state index contributed by atoms with van der Waals surface area (Å²) in [7, 11) is 2.15. The minimum atomic E-state index is -0.241. The zero-order chi connectivity index (χ0) is 18.1. The highest BCUT2D eigenvalue weighted by Crippen LogP contribution is 2.32. The van der Waals surface area contributed by atoms with Gasteiger partial charge < -0.3 is 14.6 Å². The number of hydrogen-bond acceptors (Lipinski definition) is 3. The van der Waals surface area contributed by atoms with Crippen LogP contribution in [0.2, 0.25) is 10.0 Å². The monoisotopic (exact) mass is 389 g/mol. The quantitative estimate of drug-likeness (QED) is 0.676. The molecule has 26 heavy (non-hydrogen) atoms. The van der Waals surface area contributed by atoms with E-state index in [1.807, 2.05) is 24.3 Å². The molecule has 6 heteroatoms. The van der Waals surface area contributed by atoms with Crippen molar-refractivity contribution in [3.63, 3.8) is 0 Å². The molecule has 2 heterocycles. The number of aromatic amines is 1. The Morgan fingerprint density at radius 2 is 1.81 bits per heavy atom. The molecule has 0 spiro atoms. The van der Waals surface area contributed by atoms with Gasteiger partial charge in [-0.05, 0) is 37.6 Å². The van der Waals surface area contributed by atoms with Crippen LogP contribution < -0.4 is 0 Å². The summed E-state index contributed by atoms with van der Waals surface area (Å²) in [6.45, 7) is 2.11. The Morgan fingerprint density at radius 1 is 1.12 bits per heavy atom. The van der Waals surface area contributed by atoms with E-state index < -0.39 is 0 Å². The van der Waals surface area contributed by atoms with E-state index in [9.17, 15) is 0 Å². The van der Waals surface area contributed by atoms with Crippen LogP contribution in [0.15, 0.2) is 42.5 Å². The van der Waals surface area contributed by atoms with Crippen molar-refractivity contribution < 1.29 is 4.74 Å². The maximum Gasteiger partial charge on any atom is 0.141 e. The van der Waals surface area contributed by atoms with Crippen LogP contribution in [0.1, 0.15) is 30.3 Å². The van der Waals surface area contributed by atoms with E-state index in [2.05, 4.69) is 29.1 Å². The van der Waals surface area contributed by atoms with Crippen LogP contribution in [0.3, 0.4) is 0 Å². The molecule has 1 aliphatic heterocycles. The number of H-pyrrole nitrogens is 1. The summed E-state index contributed by atoms with van der Waals surface area (Å²) in [6, 6.07) is 13.8. The second kappa shape index (κ2) is 7.57. The molecule has 1 aliphatic rings. The van der Waals surface area contributed by atoms with Gasteiger partial charge in [-0.3, -0.25) is 0 Å². The Hall–Kier alpha value is -1.59. The maximum atomic E-state index is 6.52. The number of rotatable bonds is 4. The Morgan fingerprint density at radius 3 is 2.54 bits per heavy atom. The fraction of sp³-hybridized carbons (Fsp3) is 0.350. The Labute approximate surface area is 163 Å². The number of fused-ring (bicyclic) bond motifs is 1. The van der Waals surface area contributed by atoms with E-state index in [0.717, 1.165) is 48.4 Å². The molecule has 0 radical (unpaired) electrons. The smallest absolute Gasteiger partial charge is 0.141 e. The molecular weight excluding hydrogens is 369 g/mol. The summed E-state index contributed by atoms with van der Waals surface area (Å²) in [6.07, 6.45) is 2.03. The van der Waals surface area contributed by atoms with Crippen molar-refractivity contribution in [3.05, 3.63) is 63.9 Å². The summed E-state index contributed by atoms with van der Waals surface area (Å²) in [5.74, 6) is 0.781. The largest absolute Gasteiger partial charge is 0.362 e. The normalized spacial score (nSPS) is 17.7. The Kier molecular flexibility index (Phi) is 5.18. The molecule has 1 unspecified atom stereocenters. The molecule has 136 valence electrons. The van der Waals surface area contributed by atoms with Crippen molar-refractivity contribution in [3.8, 4) is 0 Å². The highest BCUT2D eigenvalue weighted by molar-refractivity contribution is 6.42. The molecule has 4 rings (SSSR count). The second-order valence-corrected chi connectivity index (χ2v) is 7.65. The van der Waals surface area contributed by atoms with E-state index >= 15 is 0 Å². The average Bonchev–Trinajstić information content (AvgIpc) is 3.04. The van der Waals surface area contributed by atoms with Gasteiger partial charge in [-0.1, -0.05) is 53.5 Å². The third kappa shape index (κ3) is 3.74. The van der Waals surface area contributed by atoms with Crippen LogP contribution in [-0.4, -0.2) is 41.1 Å². The summed E-state index contributed by atoms with van der Waals surface area (Å²) in [4.78, 5) is 10.4. The lowest BCUT2D eigenvalue weighted by Crippen LogP contribution is -2.35. The van der Waals surface area contributed by atoms with Crippen molar-refractivity contribution in [2.45, 2.75) is 25.0 Å². The number of aromatic nitrogens is 2. The second-order valence-electron chi connectivity index (χ2n) is 6.83. The highest BCUT2D eigenvalue weighted by Gasteiger charge is 2.25. The minimum Gasteiger partial charge on any atom is -0.362 e.